The lowest BCUT2D eigenvalue weighted by atomic mass is 10.2. The minimum Gasteiger partial charge on any atom is -0.384 e. The monoisotopic (exact) mass is 323 g/mol. The van der Waals surface area contributed by atoms with Gasteiger partial charge >= 0.3 is 11.7 Å². The zero-order valence-corrected chi connectivity index (χ0v) is 10.8. The fourth-order valence-corrected chi connectivity index (χ4v) is 1.89. The summed E-state index contributed by atoms with van der Waals surface area (Å²) in [7, 11) is 0. The van der Waals surface area contributed by atoms with Crippen LogP contribution in [0.2, 0.25) is 5.02 Å². The van der Waals surface area contributed by atoms with Crippen LogP contribution in [0.4, 0.5) is 32.0 Å². The van der Waals surface area contributed by atoms with Gasteiger partial charge in [0, 0.05) is 23.0 Å². The quantitative estimate of drug-likeness (QED) is 0.616. The van der Waals surface area contributed by atoms with Gasteiger partial charge in [0.05, 0.1) is 5.56 Å². The van der Waals surface area contributed by atoms with Gasteiger partial charge in [-0.3, -0.25) is 0 Å². The maximum Gasteiger partial charge on any atom is 0.441 e. The van der Waals surface area contributed by atoms with Crippen molar-refractivity contribution in [3.05, 3.63) is 28.8 Å². The minimum absolute atomic E-state index is 0.0302. The van der Waals surface area contributed by atoms with Crippen LogP contribution < -0.4 is 5.32 Å². The van der Waals surface area contributed by atoms with Crippen LogP contribution in [-0.4, -0.2) is 17.8 Å². The number of thioether (sulfide) groups is 1. The molecule has 1 rings (SSSR count). The topological polar surface area (TPSA) is 12.0 Å². The number of hydrogen-bond acceptors (Lipinski definition) is 2. The Balaban J connectivity index is 2.62. The Bertz CT molecular complexity index is 431. The van der Waals surface area contributed by atoms with Crippen molar-refractivity contribution in [3.8, 4) is 0 Å². The lowest BCUT2D eigenvalue weighted by Gasteiger charge is -2.12. The Morgan fingerprint density at radius 2 is 1.68 bits per heavy atom. The summed E-state index contributed by atoms with van der Waals surface area (Å²) < 4.78 is 72.9. The molecular formula is C10H8ClF6NS. The Labute approximate surface area is 114 Å². The van der Waals surface area contributed by atoms with Gasteiger partial charge in [0.25, 0.3) is 0 Å². The van der Waals surface area contributed by atoms with Crippen molar-refractivity contribution in [1.82, 2.24) is 0 Å². The predicted molar refractivity (Wildman–Crippen MR) is 63.5 cm³/mol. The first-order valence-electron chi connectivity index (χ1n) is 4.90. The average Bonchev–Trinajstić information content (AvgIpc) is 2.21. The second-order valence-electron chi connectivity index (χ2n) is 3.45. The van der Waals surface area contributed by atoms with E-state index in [9.17, 15) is 26.3 Å². The fourth-order valence-electron chi connectivity index (χ4n) is 1.22. The van der Waals surface area contributed by atoms with Gasteiger partial charge < -0.3 is 5.32 Å². The van der Waals surface area contributed by atoms with Crippen LogP contribution in [0.3, 0.4) is 0 Å². The van der Waals surface area contributed by atoms with E-state index < -0.39 is 17.2 Å². The number of rotatable bonds is 4. The van der Waals surface area contributed by atoms with Crippen LogP contribution in [0.15, 0.2) is 18.2 Å². The molecule has 0 radical (unpaired) electrons. The van der Waals surface area contributed by atoms with Crippen LogP contribution >= 0.6 is 23.4 Å². The molecular weight excluding hydrogens is 316 g/mol. The molecule has 0 aliphatic heterocycles. The van der Waals surface area contributed by atoms with Gasteiger partial charge in [-0.05, 0) is 30.0 Å². The molecule has 0 heterocycles. The Morgan fingerprint density at radius 3 is 2.21 bits per heavy atom. The highest BCUT2D eigenvalue weighted by molar-refractivity contribution is 8.00. The molecule has 1 aromatic carbocycles. The highest BCUT2D eigenvalue weighted by Gasteiger charge is 2.31. The molecule has 19 heavy (non-hydrogen) atoms. The third-order valence-electron chi connectivity index (χ3n) is 1.92. The van der Waals surface area contributed by atoms with E-state index in [1.54, 1.807) is 0 Å². The van der Waals surface area contributed by atoms with Crippen molar-refractivity contribution in [1.29, 1.82) is 0 Å². The van der Waals surface area contributed by atoms with Crippen molar-refractivity contribution >= 4 is 29.1 Å². The van der Waals surface area contributed by atoms with Gasteiger partial charge in [-0.1, -0.05) is 11.6 Å². The third-order valence-corrected chi connectivity index (χ3v) is 2.88. The predicted octanol–water partition coefficient (Wildman–Crippen LogP) is 5.02. The molecule has 1 aromatic rings. The molecule has 0 aliphatic rings. The van der Waals surface area contributed by atoms with Crippen LogP contribution in [0.25, 0.3) is 0 Å². The SMILES string of the molecule is FC(F)(F)SCCNc1cc(Cl)cc(C(F)(F)F)c1. The van der Waals surface area contributed by atoms with Crippen molar-refractivity contribution in [2.24, 2.45) is 0 Å². The summed E-state index contributed by atoms with van der Waals surface area (Å²) in [4.78, 5) is 0. The molecule has 0 atom stereocenters. The van der Waals surface area contributed by atoms with Crippen LogP contribution in [0.1, 0.15) is 5.56 Å². The third kappa shape index (κ3) is 6.29. The summed E-state index contributed by atoms with van der Waals surface area (Å²) in [5.41, 5.74) is -5.28. The van der Waals surface area contributed by atoms with E-state index >= 15 is 0 Å². The van der Waals surface area contributed by atoms with Gasteiger partial charge in [0.2, 0.25) is 0 Å². The normalized spacial score (nSPS) is 12.6. The first kappa shape index (κ1) is 16.3. The largest absolute Gasteiger partial charge is 0.441 e. The summed E-state index contributed by atoms with van der Waals surface area (Å²) in [5, 5.41) is 2.33. The molecule has 9 heteroatoms. The first-order chi connectivity index (χ1) is 8.58. The van der Waals surface area contributed by atoms with E-state index in [-0.39, 0.29) is 34.8 Å². The number of nitrogens with one attached hydrogen (secondary N) is 1. The fraction of sp³-hybridized carbons (Fsp3) is 0.400. The van der Waals surface area contributed by atoms with Crippen molar-refractivity contribution in [3.63, 3.8) is 0 Å². The molecule has 1 nitrogen and oxygen atoms in total. The molecule has 0 aliphatic carbocycles. The molecule has 0 fully saturated rings. The summed E-state index contributed by atoms with van der Waals surface area (Å²) in [6.07, 6.45) is -4.55. The number of anilines is 1. The molecule has 108 valence electrons. The summed E-state index contributed by atoms with van der Waals surface area (Å²) >= 11 is 5.27. The lowest BCUT2D eigenvalue weighted by Crippen LogP contribution is -2.11. The lowest BCUT2D eigenvalue weighted by molar-refractivity contribution is -0.137. The maximum absolute atomic E-state index is 12.5. The van der Waals surface area contributed by atoms with Crippen molar-refractivity contribution < 1.29 is 26.3 Å². The van der Waals surface area contributed by atoms with Crippen LogP contribution in [0, 0.1) is 0 Å². The number of alkyl halides is 6. The highest BCUT2D eigenvalue weighted by atomic mass is 35.5. The summed E-state index contributed by atoms with van der Waals surface area (Å²) in [6.45, 7) is -0.123. The Hall–Kier alpha value is -0.760. The van der Waals surface area contributed by atoms with E-state index in [1.807, 2.05) is 0 Å². The molecule has 0 aromatic heterocycles. The molecule has 0 amide bonds. The van der Waals surface area contributed by atoms with Gasteiger partial charge in [-0.25, -0.2) is 0 Å². The van der Waals surface area contributed by atoms with E-state index in [0.717, 1.165) is 12.1 Å². The zero-order chi connectivity index (χ0) is 14.7. The number of halogens is 7. The number of benzene rings is 1. The zero-order valence-electron chi connectivity index (χ0n) is 9.20. The molecule has 0 unspecified atom stereocenters. The molecule has 0 bridgehead atoms. The number of hydrogen-bond donors (Lipinski definition) is 1. The van der Waals surface area contributed by atoms with Gasteiger partial charge in [0.1, 0.15) is 0 Å². The van der Waals surface area contributed by atoms with Crippen molar-refractivity contribution in [2.75, 3.05) is 17.6 Å². The smallest absolute Gasteiger partial charge is 0.384 e. The maximum atomic E-state index is 12.5. The van der Waals surface area contributed by atoms with Crippen molar-refractivity contribution in [2.45, 2.75) is 11.7 Å². The average molecular weight is 324 g/mol. The van der Waals surface area contributed by atoms with Crippen LogP contribution in [-0.2, 0) is 6.18 Å². The van der Waals surface area contributed by atoms with Gasteiger partial charge in [0.15, 0.2) is 0 Å². The van der Waals surface area contributed by atoms with E-state index in [0.29, 0.717) is 0 Å². The second-order valence-corrected chi connectivity index (χ2v) is 5.04. The molecule has 1 N–H and O–H groups in total. The molecule has 0 saturated heterocycles. The van der Waals surface area contributed by atoms with E-state index in [4.69, 9.17) is 11.6 Å². The summed E-state index contributed by atoms with van der Waals surface area (Å²) in [6, 6.07) is 2.76. The standard InChI is InChI=1S/C10H8ClF6NS/c11-7-3-6(9(12,13)14)4-8(5-7)18-1-2-19-10(15,16)17/h3-5,18H,1-2H2. The van der Waals surface area contributed by atoms with Gasteiger partial charge in [-0.15, -0.1) is 0 Å². The Morgan fingerprint density at radius 1 is 1.05 bits per heavy atom. The molecule has 0 saturated carbocycles. The van der Waals surface area contributed by atoms with E-state index in [2.05, 4.69) is 5.32 Å². The van der Waals surface area contributed by atoms with Gasteiger partial charge in [-0.2, -0.15) is 26.3 Å². The minimum atomic E-state index is -4.55. The summed E-state index contributed by atoms with van der Waals surface area (Å²) in [5.74, 6) is -0.308. The van der Waals surface area contributed by atoms with Crippen LogP contribution in [0.5, 0.6) is 0 Å². The second kappa shape index (κ2) is 6.13. The van der Waals surface area contributed by atoms with E-state index in [1.165, 1.54) is 6.07 Å². The Kier molecular flexibility index (Phi) is 5.26. The highest BCUT2D eigenvalue weighted by Crippen LogP contribution is 2.33. The first-order valence-corrected chi connectivity index (χ1v) is 6.26. The molecule has 0 spiro atoms.